The smallest absolute Gasteiger partial charge is 0.399 e. The molecule has 4 aliphatic rings. The highest BCUT2D eigenvalue weighted by molar-refractivity contribution is 7.86. The van der Waals surface area contributed by atoms with E-state index in [1.165, 1.54) is 6.42 Å². The first-order valence-corrected chi connectivity index (χ1v) is 15.4. The number of ether oxygens (including phenoxy) is 1. The van der Waals surface area contributed by atoms with E-state index in [1.54, 1.807) is 0 Å². The van der Waals surface area contributed by atoms with Gasteiger partial charge in [-0.05, 0) is 111 Å². The van der Waals surface area contributed by atoms with Crippen molar-refractivity contribution in [1.82, 2.24) is 0 Å². The molecule has 4 fully saturated rings. The molecule has 1 N–H and O–H groups in total. The second-order valence-corrected chi connectivity index (χ2v) is 14.6. The fourth-order valence-electron chi connectivity index (χ4n) is 9.27. The summed E-state index contributed by atoms with van der Waals surface area (Å²) < 4.78 is 89.6. The zero-order valence-corrected chi connectivity index (χ0v) is 23.3. The lowest BCUT2D eigenvalue weighted by Gasteiger charge is -2.61. The van der Waals surface area contributed by atoms with E-state index in [1.807, 2.05) is 6.92 Å². The van der Waals surface area contributed by atoms with Crippen molar-refractivity contribution in [3.63, 3.8) is 0 Å². The molecule has 0 aromatic rings. The lowest BCUT2D eigenvalue weighted by atomic mass is 9.44. The molecule has 0 heterocycles. The van der Waals surface area contributed by atoms with Gasteiger partial charge < -0.3 is 14.4 Å². The molecular formula is C27H41F4O6S-. The van der Waals surface area contributed by atoms with Gasteiger partial charge in [-0.2, -0.15) is 17.6 Å². The molecule has 4 rings (SSSR count). The first-order valence-electron chi connectivity index (χ1n) is 14.0. The van der Waals surface area contributed by atoms with Gasteiger partial charge in [0.2, 0.25) is 0 Å². The van der Waals surface area contributed by atoms with Gasteiger partial charge in [0.25, 0.3) is 0 Å². The fraction of sp³-hybridized carbons (Fsp3) is 0.963. The third kappa shape index (κ3) is 5.01. The van der Waals surface area contributed by atoms with Crippen LogP contribution < -0.4 is 0 Å². The summed E-state index contributed by atoms with van der Waals surface area (Å²) in [5.74, 6) is -3.52. The Hall–Kier alpha value is -0.940. The largest absolute Gasteiger partial charge is 0.743 e. The second-order valence-electron chi connectivity index (χ2n) is 13.2. The maximum Gasteiger partial charge on any atom is 0.399 e. The van der Waals surface area contributed by atoms with Gasteiger partial charge in [0.15, 0.2) is 16.7 Å². The monoisotopic (exact) mass is 569 g/mol. The van der Waals surface area contributed by atoms with Crippen LogP contribution in [0.2, 0.25) is 0 Å². The highest BCUT2D eigenvalue weighted by Crippen LogP contribution is 2.68. The number of alkyl halides is 4. The van der Waals surface area contributed by atoms with Crippen LogP contribution in [0.3, 0.4) is 0 Å². The van der Waals surface area contributed by atoms with Crippen molar-refractivity contribution in [2.24, 2.45) is 46.3 Å². The van der Waals surface area contributed by atoms with Crippen LogP contribution in [0.5, 0.6) is 0 Å². The topological polar surface area (TPSA) is 104 Å². The van der Waals surface area contributed by atoms with Crippen LogP contribution in [0.15, 0.2) is 0 Å². The average molecular weight is 570 g/mol. The predicted molar refractivity (Wildman–Crippen MR) is 130 cm³/mol. The Labute approximate surface area is 223 Å². The van der Waals surface area contributed by atoms with Crippen LogP contribution in [-0.2, 0) is 19.6 Å². The van der Waals surface area contributed by atoms with Crippen LogP contribution in [0.25, 0.3) is 0 Å². The molecule has 11 heteroatoms. The van der Waals surface area contributed by atoms with Gasteiger partial charge in [-0.1, -0.05) is 20.8 Å². The maximum absolute atomic E-state index is 13.6. The van der Waals surface area contributed by atoms with Crippen molar-refractivity contribution in [3.05, 3.63) is 0 Å². The summed E-state index contributed by atoms with van der Waals surface area (Å²) in [6.07, 6.45) is 9.51. The number of aliphatic hydroxyl groups is 1. The van der Waals surface area contributed by atoms with E-state index < -0.39 is 33.9 Å². The standard InChI is InChI=1S/C27H42F4O6S/c1-16(4-9-23(33)37-15-26(28,29)27(30,31)38(34,35)36)20-7-8-21-19-6-5-17-14-18(32)10-12-24(17,2)22(19)11-13-25(20,21)3/h16-22,32H,4-15H2,1-3H3,(H,34,35,36)/p-1/t16-,17-,18-,19+,20-,21+,22+,24+,25-/m1/s1. The molecular weight excluding hydrogens is 528 g/mol. The summed E-state index contributed by atoms with van der Waals surface area (Å²) in [4.78, 5) is 12.1. The van der Waals surface area contributed by atoms with Gasteiger partial charge in [-0.25, -0.2) is 8.42 Å². The molecule has 0 unspecified atom stereocenters. The normalized spacial score (nSPS) is 40.6. The van der Waals surface area contributed by atoms with Crippen molar-refractivity contribution >= 4 is 16.1 Å². The van der Waals surface area contributed by atoms with Gasteiger partial charge in [0.05, 0.1) is 6.10 Å². The molecule has 0 radical (unpaired) electrons. The van der Waals surface area contributed by atoms with E-state index in [2.05, 4.69) is 18.6 Å². The van der Waals surface area contributed by atoms with Crippen LogP contribution in [0.4, 0.5) is 17.6 Å². The fourth-order valence-corrected chi connectivity index (χ4v) is 9.69. The molecule has 38 heavy (non-hydrogen) atoms. The summed E-state index contributed by atoms with van der Waals surface area (Å²) >= 11 is 0. The van der Waals surface area contributed by atoms with Crippen molar-refractivity contribution in [2.45, 2.75) is 109 Å². The van der Waals surface area contributed by atoms with Gasteiger partial charge in [-0.15, -0.1) is 0 Å². The quantitative estimate of drug-likeness (QED) is 0.227. The van der Waals surface area contributed by atoms with Crippen molar-refractivity contribution in [2.75, 3.05) is 6.61 Å². The first-order chi connectivity index (χ1) is 17.4. The highest BCUT2D eigenvalue weighted by atomic mass is 32.2. The van der Waals surface area contributed by atoms with Crippen molar-refractivity contribution in [1.29, 1.82) is 0 Å². The number of halogens is 4. The van der Waals surface area contributed by atoms with Crippen LogP contribution in [0.1, 0.15) is 91.4 Å². The number of rotatable bonds is 8. The molecule has 0 aromatic heterocycles. The Bertz CT molecular complexity index is 1010. The molecule has 4 saturated carbocycles. The molecule has 220 valence electrons. The maximum atomic E-state index is 13.6. The number of carbonyl (C=O) groups is 1. The van der Waals surface area contributed by atoms with Crippen molar-refractivity contribution < 1.29 is 45.2 Å². The molecule has 0 aromatic carbocycles. The summed E-state index contributed by atoms with van der Waals surface area (Å²) in [6, 6.07) is 0. The number of fused-ring (bicyclic) bond motifs is 5. The lowest BCUT2D eigenvalue weighted by molar-refractivity contribution is -0.196. The van der Waals surface area contributed by atoms with Crippen LogP contribution >= 0.6 is 0 Å². The summed E-state index contributed by atoms with van der Waals surface area (Å²) in [5.41, 5.74) is 0.390. The Kier molecular flexibility index (Phi) is 8.03. The van der Waals surface area contributed by atoms with Gasteiger partial charge in [0.1, 0.15) is 0 Å². The summed E-state index contributed by atoms with van der Waals surface area (Å²) in [7, 11) is -6.62. The van der Waals surface area contributed by atoms with Crippen LogP contribution in [-0.4, -0.2) is 47.9 Å². The van der Waals surface area contributed by atoms with E-state index in [0.717, 1.165) is 51.4 Å². The third-order valence-corrected chi connectivity index (χ3v) is 12.3. The molecule has 0 saturated heterocycles. The van der Waals surface area contributed by atoms with E-state index in [4.69, 9.17) is 0 Å². The molecule has 0 amide bonds. The van der Waals surface area contributed by atoms with E-state index in [-0.39, 0.29) is 29.3 Å². The molecule has 0 spiro atoms. The predicted octanol–water partition coefficient (Wildman–Crippen LogP) is 5.74. The number of aliphatic hydroxyl groups excluding tert-OH is 1. The highest BCUT2D eigenvalue weighted by Gasteiger charge is 2.63. The van der Waals surface area contributed by atoms with Crippen molar-refractivity contribution in [3.8, 4) is 0 Å². The zero-order chi connectivity index (χ0) is 28.3. The van der Waals surface area contributed by atoms with E-state index >= 15 is 0 Å². The SMILES string of the molecule is C[C@H](CCC(=O)OCC(F)(F)C(F)(F)S(=O)(=O)[O-])[C@H]1CC[C@H]2[C@@H]3CC[C@@H]4C[C@H](O)CC[C@]4(C)[C@H]3CC[C@]12C. The zero-order valence-electron chi connectivity index (χ0n) is 22.4. The minimum atomic E-state index is -6.62. The second kappa shape index (κ2) is 10.2. The molecule has 4 aliphatic carbocycles. The summed E-state index contributed by atoms with van der Waals surface area (Å²) in [5, 5.41) is 4.37. The van der Waals surface area contributed by atoms with E-state index in [0.29, 0.717) is 36.0 Å². The summed E-state index contributed by atoms with van der Waals surface area (Å²) in [6.45, 7) is 4.66. The molecule has 0 bridgehead atoms. The minimum Gasteiger partial charge on any atom is -0.743 e. The number of hydrogen-bond donors (Lipinski definition) is 1. The number of esters is 1. The van der Waals surface area contributed by atoms with E-state index in [9.17, 15) is 40.4 Å². The molecule has 0 aliphatic heterocycles. The Morgan fingerprint density at radius 3 is 2.32 bits per heavy atom. The number of hydrogen-bond acceptors (Lipinski definition) is 6. The average Bonchev–Trinajstić information content (AvgIpc) is 3.18. The van der Waals surface area contributed by atoms with Gasteiger partial charge in [0, 0.05) is 6.42 Å². The van der Waals surface area contributed by atoms with Gasteiger partial charge in [-0.3, -0.25) is 4.79 Å². The third-order valence-electron chi connectivity index (χ3n) is 11.4. The lowest BCUT2D eigenvalue weighted by Crippen LogP contribution is -2.54. The molecule has 6 nitrogen and oxygen atoms in total. The Morgan fingerprint density at radius 2 is 1.66 bits per heavy atom. The Morgan fingerprint density at radius 1 is 1.03 bits per heavy atom. The van der Waals surface area contributed by atoms with Gasteiger partial charge >= 0.3 is 17.1 Å². The minimum absolute atomic E-state index is 0.0924. The van der Waals surface area contributed by atoms with Crippen LogP contribution in [0, 0.1) is 46.3 Å². The molecule has 9 atom stereocenters. The number of carbonyl (C=O) groups excluding carboxylic acids is 1. The Balaban J connectivity index is 1.34. The first kappa shape index (κ1) is 30.0.